The first-order chi connectivity index (χ1) is 5.66. The van der Waals surface area contributed by atoms with Crippen LogP contribution in [0.25, 0.3) is 0 Å². The third kappa shape index (κ3) is 1.78. The molecule has 1 aromatic heterocycles. The van der Waals surface area contributed by atoms with E-state index in [-0.39, 0.29) is 12.1 Å². The van der Waals surface area contributed by atoms with Gasteiger partial charge in [0.15, 0.2) is 0 Å². The molecule has 0 spiro atoms. The molecule has 0 amide bonds. The van der Waals surface area contributed by atoms with Gasteiger partial charge in [-0.05, 0) is 21.5 Å². The maximum absolute atomic E-state index is 12.3. The van der Waals surface area contributed by atoms with Gasteiger partial charge in [-0.2, -0.15) is 0 Å². The van der Waals surface area contributed by atoms with Crippen molar-refractivity contribution in [1.29, 1.82) is 0 Å². The van der Waals surface area contributed by atoms with Crippen LogP contribution in [-0.2, 0) is 6.54 Å². The molecule has 12 heavy (non-hydrogen) atoms. The van der Waals surface area contributed by atoms with Gasteiger partial charge in [0.1, 0.15) is 0 Å². The maximum atomic E-state index is 12.3. The second-order valence-corrected chi connectivity index (χ2v) is 3.05. The molecule has 0 aliphatic carbocycles. The highest BCUT2D eigenvalue weighted by Gasteiger charge is 2.14. The molecule has 2 N–H and O–H groups in total. The molecule has 2 nitrogen and oxygen atoms in total. The molecule has 1 aromatic rings. The Kier molecular flexibility index (Phi) is 3.11. The first kappa shape index (κ1) is 9.54. The summed E-state index contributed by atoms with van der Waals surface area (Å²) in [5.74, 6) is 0. The second-order valence-electron chi connectivity index (χ2n) is 2.19. The van der Waals surface area contributed by atoms with E-state index < -0.39 is 6.43 Å². The Labute approximate surface area is 76.9 Å². The van der Waals surface area contributed by atoms with E-state index in [1.54, 1.807) is 0 Å². The van der Waals surface area contributed by atoms with Gasteiger partial charge in [-0.25, -0.2) is 8.78 Å². The third-order valence-corrected chi connectivity index (χ3v) is 2.16. The summed E-state index contributed by atoms with van der Waals surface area (Å²) in [7, 11) is 0. The van der Waals surface area contributed by atoms with E-state index >= 15 is 0 Å². The van der Waals surface area contributed by atoms with Crippen molar-refractivity contribution in [3.05, 3.63) is 28.0 Å². The Balaban J connectivity index is 3.18. The standard InChI is InChI=1S/C7H7BrF2N2/c8-6-3-12-2-5(7(9)10)4(6)1-11/h2-3,7H,1,11H2. The maximum Gasteiger partial charge on any atom is 0.265 e. The van der Waals surface area contributed by atoms with E-state index in [1.807, 2.05) is 0 Å². The summed E-state index contributed by atoms with van der Waals surface area (Å²) in [6.45, 7) is 0.0861. The van der Waals surface area contributed by atoms with Crippen molar-refractivity contribution in [3.63, 3.8) is 0 Å². The highest BCUT2D eigenvalue weighted by atomic mass is 79.9. The number of aromatic nitrogens is 1. The minimum absolute atomic E-state index is 0.0861. The molecule has 0 radical (unpaired) electrons. The van der Waals surface area contributed by atoms with Crippen molar-refractivity contribution in [3.8, 4) is 0 Å². The predicted molar refractivity (Wildman–Crippen MR) is 44.8 cm³/mol. The summed E-state index contributed by atoms with van der Waals surface area (Å²) in [5.41, 5.74) is 5.61. The number of hydrogen-bond acceptors (Lipinski definition) is 2. The Morgan fingerprint density at radius 3 is 2.58 bits per heavy atom. The van der Waals surface area contributed by atoms with Crippen molar-refractivity contribution < 1.29 is 8.78 Å². The lowest BCUT2D eigenvalue weighted by molar-refractivity contribution is 0.149. The Bertz CT molecular complexity index is 278. The molecule has 5 heteroatoms. The van der Waals surface area contributed by atoms with Crippen LogP contribution < -0.4 is 5.73 Å². The van der Waals surface area contributed by atoms with E-state index in [2.05, 4.69) is 20.9 Å². The van der Waals surface area contributed by atoms with Crippen LogP contribution in [0.5, 0.6) is 0 Å². The van der Waals surface area contributed by atoms with Crippen molar-refractivity contribution in [1.82, 2.24) is 4.98 Å². The minimum atomic E-state index is -2.52. The van der Waals surface area contributed by atoms with Gasteiger partial charge in [0.05, 0.1) is 0 Å². The van der Waals surface area contributed by atoms with E-state index in [0.29, 0.717) is 10.0 Å². The summed E-state index contributed by atoms with van der Waals surface area (Å²) in [6.07, 6.45) is 0.0691. The molecule has 0 aliphatic rings. The van der Waals surface area contributed by atoms with Crippen molar-refractivity contribution in [2.24, 2.45) is 5.73 Å². The number of alkyl halides is 2. The van der Waals surface area contributed by atoms with Crippen molar-refractivity contribution >= 4 is 15.9 Å². The first-order valence-corrected chi connectivity index (χ1v) is 4.06. The molecular weight excluding hydrogens is 230 g/mol. The first-order valence-electron chi connectivity index (χ1n) is 3.27. The third-order valence-electron chi connectivity index (χ3n) is 1.48. The molecule has 0 saturated heterocycles. The van der Waals surface area contributed by atoms with Gasteiger partial charge >= 0.3 is 0 Å². The molecular formula is C7H7BrF2N2. The van der Waals surface area contributed by atoms with Crippen LogP contribution >= 0.6 is 15.9 Å². The number of hydrogen-bond donors (Lipinski definition) is 1. The molecule has 0 fully saturated rings. The van der Waals surface area contributed by atoms with Gasteiger partial charge in [0, 0.05) is 29.0 Å². The molecule has 1 heterocycles. The Morgan fingerprint density at radius 2 is 2.17 bits per heavy atom. The van der Waals surface area contributed by atoms with Crippen molar-refractivity contribution in [2.45, 2.75) is 13.0 Å². The highest BCUT2D eigenvalue weighted by molar-refractivity contribution is 9.10. The fourth-order valence-electron chi connectivity index (χ4n) is 0.880. The summed E-state index contributed by atoms with van der Waals surface area (Å²) >= 11 is 3.10. The lowest BCUT2D eigenvalue weighted by Gasteiger charge is -2.07. The van der Waals surface area contributed by atoms with Crippen molar-refractivity contribution in [2.75, 3.05) is 0 Å². The van der Waals surface area contributed by atoms with E-state index in [9.17, 15) is 8.78 Å². The summed E-state index contributed by atoms with van der Waals surface area (Å²) in [6, 6.07) is 0. The minimum Gasteiger partial charge on any atom is -0.326 e. The summed E-state index contributed by atoms with van der Waals surface area (Å²) in [4.78, 5) is 3.63. The van der Waals surface area contributed by atoms with Crippen LogP contribution in [0.2, 0.25) is 0 Å². The number of nitrogens with two attached hydrogens (primary N) is 1. The van der Waals surface area contributed by atoms with Crippen LogP contribution in [0.4, 0.5) is 8.78 Å². The predicted octanol–water partition coefficient (Wildman–Crippen LogP) is 2.24. The van der Waals surface area contributed by atoms with Gasteiger partial charge in [0.25, 0.3) is 6.43 Å². The normalized spacial score (nSPS) is 10.8. The van der Waals surface area contributed by atoms with Gasteiger partial charge in [-0.1, -0.05) is 0 Å². The zero-order chi connectivity index (χ0) is 9.14. The quantitative estimate of drug-likeness (QED) is 0.856. The van der Waals surface area contributed by atoms with Gasteiger partial charge in [-0.15, -0.1) is 0 Å². The van der Waals surface area contributed by atoms with Crippen LogP contribution in [-0.4, -0.2) is 4.98 Å². The van der Waals surface area contributed by atoms with Gasteiger partial charge < -0.3 is 5.73 Å². The zero-order valence-electron chi connectivity index (χ0n) is 6.10. The van der Waals surface area contributed by atoms with E-state index in [1.165, 1.54) is 6.20 Å². The lowest BCUT2D eigenvalue weighted by atomic mass is 10.1. The van der Waals surface area contributed by atoms with Gasteiger partial charge in [0.2, 0.25) is 0 Å². The zero-order valence-corrected chi connectivity index (χ0v) is 7.68. The van der Waals surface area contributed by atoms with E-state index in [0.717, 1.165) is 6.20 Å². The number of pyridine rings is 1. The fraction of sp³-hybridized carbons (Fsp3) is 0.286. The van der Waals surface area contributed by atoms with Crippen LogP contribution in [0.15, 0.2) is 16.9 Å². The second kappa shape index (κ2) is 3.91. The van der Waals surface area contributed by atoms with Crippen LogP contribution in [0.1, 0.15) is 17.6 Å². The topological polar surface area (TPSA) is 38.9 Å². The summed E-state index contributed by atoms with van der Waals surface area (Å²) in [5, 5.41) is 0. The lowest BCUT2D eigenvalue weighted by Crippen LogP contribution is -2.03. The molecule has 0 unspecified atom stereocenters. The smallest absolute Gasteiger partial charge is 0.265 e. The molecule has 0 atom stereocenters. The Hall–Kier alpha value is -0.550. The largest absolute Gasteiger partial charge is 0.326 e. The fourth-order valence-corrected chi connectivity index (χ4v) is 1.39. The molecule has 0 saturated carbocycles. The number of nitrogens with zero attached hydrogens (tertiary/aromatic N) is 1. The molecule has 0 bridgehead atoms. The molecule has 66 valence electrons. The number of rotatable bonds is 2. The van der Waals surface area contributed by atoms with Crippen LogP contribution in [0.3, 0.4) is 0 Å². The number of halogens is 3. The van der Waals surface area contributed by atoms with E-state index in [4.69, 9.17) is 5.73 Å². The average molecular weight is 237 g/mol. The Morgan fingerprint density at radius 1 is 1.50 bits per heavy atom. The highest BCUT2D eigenvalue weighted by Crippen LogP contribution is 2.26. The summed E-state index contributed by atoms with van der Waals surface area (Å²) < 4.78 is 25.1. The SMILES string of the molecule is NCc1c(Br)cncc1C(F)F. The van der Waals surface area contributed by atoms with Crippen LogP contribution in [0, 0.1) is 0 Å². The average Bonchev–Trinajstić information content (AvgIpc) is 2.03. The molecule has 0 aliphatic heterocycles. The monoisotopic (exact) mass is 236 g/mol. The van der Waals surface area contributed by atoms with Gasteiger partial charge in [-0.3, -0.25) is 4.98 Å². The molecule has 0 aromatic carbocycles. The molecule has 1 rings (SSSR count).